The molecule has 0 radical (unpaired) electrons. The molecule has 0 saturated heterocycles. The van der Waals surface area contributed by atoms with Crippen molar-refractivity contribution in [1.82, 2.24) is 9.80 Å². The van der Waals surface area contributed by atoms with Crippen LogP contribution in [0.25, 0.3) is 32.3 Å². The van der Waals surface area contributed by atoms with Crippen molar-refractivity contribution in [3.05, 3.63) is 296 Å². The van der Waals surface area contributed by atoms with E-state index in [1.54, 1.807) is 206 Å². The number of benzene rings is 8. The summed E-state index contributed by atoms with van der Waals surface area (Å²) in [7, 11) is 0. The summed E-state index contributed by atoms with van der Waals surface area (Å²) in [6.07, 6.45) is -0.242. The van der Waals surface area contributed by atoms with Crippen molar-refractivity contribution in [2.45, 2.75) is 64.3 Å². The van der Waals surface area contributed by atoms with Crippen molar-refractivity contribution in [1.29, 1.82) is 10.5 Å². The van der Waals surface area contributed by atoms with Crippen LogP contribution in [0.1, 0.15) is 69.5 Å². The van der Waals surface area contributed by atoms with Crippen molar-refractivity contribution >= 4 is 115 Å². The van der Waals surface area contributed by atoms with Gasteiger partial charge in [-0.05, 0) is 106 Å². The minimum Gasteiger partial charge on any atom is -0.459 e. The van der Waals surface area contributed by atoms with E-state index in [2.05, 4.69) is 0 Å². The highest BCUT2D eigenvalue weighted by Gasteiger charge is 2.61. The fourth-order valence-electron chi connectivity index (χ4n) is 12.3. The first-order valence-corrected chi connectivity index (χ1v) is 32.7. The van der Waals surface area contributed by atoms with Gasteiger partial charge in [-0.2, -0.15) is 20.3 Å². The molecule has 6 amide bonds. The van der Waals surface area contributed by atoms with E-state index in [1.807, 2.05) is 0 Å². The number of imide groups is 6. The van der Waals surface area contributed by atoms with Crippen LogP contribution in [0.5, 0.6) is 0 Å². The molecule has 9 aromatic rings. The maximum Gasteiger partial charge on any atom is 0.424 e. The van der Waals surface area contributed by atoms with Crippen LogP contribution in [0.3, 0.4) is 0 Å². The average molecular weight is 1390 g/mol. The van der Waals surface area contributed by atoms with E-state index in [-0.39, 0.29) is 54.0 Å². The molecule has 13 rings (SSSR count). The molecule has 0 atom stereocenters. The minimum absolute atomic E-state index is 0.106. The fraction of sp³-hybridized carbons (Fsp3) is 0.125. The molecule has 4 aliphatic rings. The zero-order chi connectivity index (χ0) is 72.1. The van der Waals surface area contributed by atoms with Gasteiger partial charge >= 0.3 is 36.1 Å². The maximum absolute atomic E-state index is 15.9. The Morgan fingerprint density at radius 3 is 0.913 bits per heavy atom. The third-order valence-corrected chi connectivity index (χ3v) is 18.7. The Morgan fingerprint density at radius 2 is 0.650 bits per heavy atom. The number of thiophene rings is 1. The third-order valence-electron chi connectivity index (χ3n) is 17.6. The van der Waals surface area contributed by atoms with E-state index in [1.165, 1.54) is 49.5 Å². The first-order chi connectivity index (χ1) is 49.9. The molecular weight excluding hydrogens is 1330 g/mol. The number of esters is 4. The number of nitrogens with zero attached hydrogens (tertiary/aromatic N) is 6. The van der Waals surface area contributed by atoms with Crippen LogP contribution < -0.4 is 0 Å². The highest BCUT2D eigenvalue weighted by molar-refractivity contribution is 7.25. The van der Waals surface area contributed by atoms with E-state index in [9.17, 15) is 39.3 Å². The summed E-state index contributed by atoms with van der Waals surface area (Å²) in [6, 6.07) is 60.4. The van der Waals surface area contributed by atoms with Crippen molar-refractivity contribution < 1.29 is 76.4 Å². The molecule has 0 N–H and O–H groups in total. The molecule has 22 nitrogen and oxygen atoms in total. The zero-order valence-corrected chi connectivity index (χ0v) is 55.5. The van der Waals surface area contributed by atoms with Crippen molar-refractivity contribution in [2.75, 3.05) is 0 Å². The summed E-state index contributed by atoms with van der Waals surface area (Å²) in [5, 5.41) is 21.6. The Labute approximate surface area is 590 Å². The predicted molar refractivity (Wildman–Crippen MR) is 372 cm³/mol. The lowest BCUT2D eigenvalue weighted by atomic mass is 9.78. The Morgan fingerprint density at radius 1 is 0.388 bits per heavy atom. The van der Waals surface area contributed by atoms with Gasteiger partial charge in [0, 0.05) is 31.3 Å². The molecule has 0 bridgehead atoms. The lowest BCUT2D eigenvalue weighted by Crippen LogP contribution is -2.51. The summed E-state index contributed by atoms with van der Waals surface area (Å²) in [4.78, 5) is 159. The van der Waals surface area contributed by atoms with Crippen LogP contribution in [0.15, 0.2) is 250 Å². The number of ether oxygens (including phenoxy) is 6. The molecule has 8 aromatic carbocycles. The highest BCUT2D eigenvalue weighted by atomic mass is 32.1. The van der Waals surface area contributed by atoms with Gasteiger partial charge in [0.1, 0.15) is 74.3 Å². The molecule has 23 heteroatoms. The van der Waals surface area contributed by atoms with Gasteiger partial charge < -0.3 is 28.4 Å². The molecule has 0 spiro atoms. The highest BCUT2D eigenvalue weighted by Crippen LogP contribution is 2.52. The number of amides is 6. The monoisotopic (exact) mass is 1390 g/mol. The number of fused-ring (bicyclic) bond motifs is 5. The van der Waals surface area contributed by atoms with Crippen molar-refractivity contribution in [3.63, 3.8) is 0 Å². The van der Waals surface area contributed by atoms with E-state index in [4.69, 9.17) is 38.4 Å². The Balaban J connectivity index is 1.01. The number of hydrogen-bond donors (Lipinski definition) is 0. The first kappa shape index (κ1) is 67.9. The zero-order valence-electron chi connectivity index (χ0n) is 54.7. The smallest absolute Gasteiger partial charge is 0.424 e. The number of aliphatic imine (C=N–C) groups is 2. The van der Waals surface area contributed by atoms with E-state index < -0.39 is 144 Å². The maximum atomic E-state index is 15.9. The van der Waals surface area contributed by atoms with Crippen LogP contribution in [-0.2, 0) is 117 Å². The van der Waals surface area contributed by atoms with Crippen LogP contribution in [0.2, 0.25) is 0 Å². The lowest BCUT2D eigenvalue weighted by Gasteiger charge is -2.29. The first-order valence-electron chi connectivity index (χ1n) is 31.9. The molecule has 2 aliphatic carbocycles. The van der Waals surface area contributed by atoms with Gasteiger partial charge in [0.05, 0.1) is 11.4 Å². The number of nitriles is 2. The summed E-state index contributed by atoms with van der Waals surface area (Å²) >= 11 is 1.17. The van der Waals surface area contributed by atoms with Gasteiger partial charge in [0.15, 0.2) is 0 Å². The van der Waals surface area contributed by atoms with Gasteiger partial charge in [-0.3, -0.25) is 38.4 Å². The standard InChI is InChI=1S/C80H54N6O16S/c1-47-59(39-81)69(87)85(77(95)101-45-53-29-17-7-18-30-53)71(89)67(47)83-65-35-55-33-63-57(37-61(55)79(65,73(91)97-41-49-21-9-3-10-22-49)74(92)98-42-50-23-11-4-12-24-50)58-38-62-56(34-64(58)103-63)36-66(80(62,75(93)99-43-51-25-13-5-14-26-51)76(94)100-44-52-27-15-6-16-28-52)84-68-48(2)60(40-82)70(88)86(72(68)90)78(96)102-46-54-31-19-8-20-32-54/h3-38H,41-46H2,1-2H3. The number of carbonyl (C=O) groups is 10. The Hall–Kier alpha value is -13.6. The molecular formula is C80H54N6O16S. The molecule has 103 heavy (non-hydrogen) atoms. The van der Waals surface area contributed by atoms with Gasteiger partial charge in [-0.15, -0.1) is 11.3 Å². The second kappa shape index (κ2) is 28.7. The minimum atomic E-state index is -2.82. The molecule has 0 fully saturated rings. The molecule has 2 aliphatic heterocycles. The van der Waals surface area contributed by atoms with E-state index in [0.717, 1.165) is 0 Å². The van der Waals surface area contributed by atoms with Gasteiger partial charge in [-0.25, -0.2) is 19.6 Å². The molecule has 0 unspecified atom stereocenters. The number of rotatable bonds is 18. The van der Waals surface area contributed by atoms with Crippen LogP contribution >= 0.6 is 11.3 Å². The average Bonchev–Trinajstić information content (AvgIpc) is 1.55. The molecule has 506 valence electrons. The van der Waals surface area contributed by atoms with Crippen LogP contribution in [0.4, 0.5) is 9.59 Å². The molecule has 0 saturated carbocycles. The Kier molecular flexibility index (Phi) is 18.9. The second-order valence-corrected chi connectivity index (χ2v) is 25.0. The van der Waals surface area contributed by atoms with Gasteiger partial charge in [0.2, 0.25) is 10.8 Å². The number of hydrogen-bond acceptors (Lipinski definition) is 21. The summed E-state index contributed by atoms with van der Waals surface area (Å²) in [6.45, 7) is -0.0229. The molecule has 3 heterocycles. The van der Waals surface area contributed by atoms with E-state index >= 15 is 19.2 Å². The third kappa shape index (κ3) is 12.6. The van der Waals surface area contributed by atoms with Crippen molar-refractivity contribution in [2.24, 2.45) is 9.98 Å². The Bertz CT molecular complexity index is 4920. The lowest BCUT2D eigenvalue weighted by molar-refractivity contribution is -0.166. The van der Waals surface area contributed by atoms with Gasteiger partial charge in [-0.1, -0.05) is 182 Å². The fourth-order valence-corrected chi connectivity index (χ4v) is 13.5. The van der Waals surface area contributed by atoms with Gasteiger partial charge in [0.25, 0.3) is 23.6 Å². The van der Waals surface area contributed by atoms with E-state index in [0.29, 0.717) is 42.8 Å². The van der Waals surface area contributed by atoms with Crippen LogP contribution in [0, 0.1) is 22.7 Å². The van der Waals surface area contributed by atoms with Crippen LogP contribution in [-0.4, -0.2) is 80.9 Å². The summed E-state index contributed by atoms with van der Waals surface area (Å²) in [5.41, 5.74) is -7.15. The second-order valence-electron chi connectivity index (χ2n) is 23.9. The SMILES string of the molecule is CC1=C(C#N)C(=O)N(C(=O)OCc2ccccc2)C(=O)C1=NC1=Cc2cc3sc4cc5c(cc4c3cc2C1(C(=O)OCc1ccccc1)C(=O)OCc1ccccc1)C(C(=O)OCc1ccccc1)(C(=O)OCc1ccccc1)C(N=C1C(=O)N(C(=O)OCc2ccccc2)C(=O)C(C#N)=C1C)=C5. The largest absolute Gasteiger partial charge is 0.459 e. The number of carbonyl (C=O) groups excluding carboxylic acids is 10. The normalized spacial score (nSPS) is 15.8. The predicted octanol–water partition coefficient (Wildman–Crippen LogP) is 12.2. The summed E-state index contributed by atoms with van der Waals surface area (Å²) in [5.74, 6) is -10.5. The topological polar surface area (TPSA) is 305 Å². The quantitative estimate of drug-likeness (QED) is 0.0333. The summed E-state index contributed by atoms with van der Waals surface area (Å²) < 4.78 is 36.4. The molecule has 1 aromatic heterocycles. The van der Waals surface area contributed by atoms with Crippen molar-refractivity contribution in [3.8, 4) is 12.1 Å².